The van der Waals surface area contributed by atoms with E-state index in [1.165, 1.54) is 6.07 Å². The van der Waals surface area contributed by atoms with Crippen LogP contribution in [-0.4, -0.2) is 6.04 Å². The van der Waals surface area contributed by atoms with E-state index in [9.17, 15) is 4.39 Å². The van der Waals surface area contributed by atoms with Gasteiger partial charge in [0.05, 0.1) is 10.7 Å². The minimum absolute atomic E-state index is 0.252. The zero-order valence-corrected chi connectivity index (χ0v) is 11.7. The van der Waals surface area contributed by atoms with Crippen LogP contribution in [0, 0.1) is 5.82 Å². The quantitative estimate of drug-likeness (QED) is 0.872. The van der Waals surface area contributed by atoms with Crippen molar-refractivity contribution in [3.05, 3.63) is 52.6 Å². The Morgan fingerprint density at radius 3 is 2.89 bits per heavy atom. The fourth-order valence-corrected chi connectivity index (χ4v) is 2.00. The summed E-state index contributed by atoms with van der Waals surface area (Å²) in [7, 11) is 0. The van der Waals surface area contributed by atoms with Gasteiger partial charge in [-0.2, -0.15) is 0 Å². The minimum Gasteiger partial charge on any atom is -0.469 e. The highest BCUT2D eigenvalue weighted by atomic mass is 79.9. The Morgan fingerprint density at radius 1 is 1.39 bits per heavy atom. The summed E-state index contributed by atoms with van der Waals surface area (Å²) in [6.07, 6.45) is 3.49. The van der Waals surface area contributed by atoms with Crippen molar-refractivity contribution in [1.29, 1.82) is 0 Å². The topological polar surface area (TPSA) is 25.2 Å². The van der Waals surface area contributed by atoms with Gasteiger partial charge in [0.25, 0.3) is 0 Å². The lowest BCUT2D eigenvalue weighted by Crippen LogP contribution is -2.15. The molecule has 0 aliphatic heterocycles. The van der Waals surface area contributed by atoms with Crippen molar-refractivity contribution in [3.63, 3.8) is 0 Å². The summed E-state index contributed by atoms with van der Waals surface area (Å²) in [5.74, 6) is 0.726. The van der Waals surface area contributed by atoms with Crippen LogP contribution >= 0.6 is 15.9 Å². The van der Waals surface area contributed by atoms with E-state index in [1.54, 1.807) is 12.3 Å². The monoisotopic (exact) mass is 311 g/mol. The van der Waals surface area contributed by atoms with Crippen LogP contribution in [0.4, 0.5) is 10.1 Å². The van der Waals surface area contributed by atoms with E-state index in [1.807, 2.05) is 18.2 Å². The third-order valence-corrected chi connectivity index (χ3v) is 3.38. The molecule has 1 heterocycles. The van der Waals surface area contributed by atoms with E-state index in [0.717, 1.165) is 24.3 Å². The summed E-state index contributed by atoms with van der Waals surface area (Å²) in [6, 6.07) is 9.17. The summed E-state index contributed by atoms with van der Waals surface area (Å²) in [6.45, 7) is 2.07. The van der Waals surface area contributed by atoms with Crippen LogP contribution < -0.4 is 5.32 Å². The Labute approximate surface area is 114 Å². The van der Waals surface area contributed by atoms with Crippen molar-refractivity contribution >= 4 is 21.6 Å². The molecule has 0 aliphatic rings. The molecular weight excluding hydrogens is 297 g/mol. The van der Waals surface area contributed by atoms with Gasteiger partial charge in [-0.15, -0.1) is 0 Å². The van der Waals surface area contributed by atoms with Gasteiger partial charge in [0.15, 0.2) is 0 Å². The number of halogens is 2. The highest BCUT2D eigenvalue weighted by molar-refractivity contribution is 9.10. The molecule has 4 heteroatoms. The Morgan fingerprint density at radius 2 is 2.22 bits per heavy atom. The van der Waals surface area contributed by atoms with Crippen LogP contribution in [0.2, 0.25) is 0 Å². The molecule has 1 aromatic heterocycles. The van der Waals surface area contributed by atoms with Gasteiger partial charge in [0.1, 0.15) is 11.6 Å². The summed E-state index contributed by atoms with van der Waals surface area (Å²) < 4.78 is 19.1. The van der Waals surface area contributed by atoms with Crippen molar-refractivity contribution in [3.8, 4) is 0 Å². The van der Waals surface area contributed by atoms with E-state index in [0.29, 0.717) is 4.47 Å². The van der Waals surface area contributed by atoms with Gasteiger partial charge in [-0.05, 0) is 59.6 Å². The summed E-state index contributed by atoms with van der Waals surface area (Å²) >= 11 is 3.14. The van der Waals surface area contributed by atoms with Gasteiger partial charge in [0.2, 0.25) is 0 Å². The highest BCUT2D eigenvalue weighted by Gasteiger charge is 2.06. The van der Waals surface area contributed by atoms with Gasteiger partial charge in [0, 0.05) is 18.2 Å². The van der Waals surface area contributed by atoms with Crippen molar-refractivity contribution in [2.24, 2.45) is 0 Å². The molecular formula is C14H15BrFNO. The Balaban J connectivity index is 1.86. The smallest absolute Gasteiger partial charge is 0.139 e. The molecule has 1 aromatic carbocycles. The number of furan rings is 1. The third kappa shape index (κ3) is 3.60. The lowest BCUT2D eigenvalue weighted by molar-refractivity contribution is 0.495. The van der Waals surface area contributed by atoms with Crippen LogP contribution in [0.15, 0.2) is 45.5 Å². The van der Waals surface area contributed by atoms with Gasteiger partial charge in [-0.3, -0.25) is 0 Å². The average Bonchev–Trinajstić information content (AvgIpc) is 2.84. The fourth-order valence-electron chi connectivity index (χ4n) is 1.76. The van der Waals surface area contributed by atoms with Crippen molar-refractivity contribution in [1.82, 2.24) is 0 Å². The second kappa shape index (κ2) is 6.05. The largest absolute Gasteiger partial charge is 0.469 e. The van der Waals surface area contributed by atoms with Crippen LogP contribution in [-0.2, 0) is 6.42 Å². The number of rotatable bonds is 5. The van der Waals surface area contributed by atoms with E-state index in [2.05, 4.69) is 28.2 Å². The van der Waals surface area contributed by atoms with Crippen LogP contribution in [0.3, 0.4) is 0 Å². The van der Waals surface area contributed by atoms with E-state index >= 15 is 0 Å². The predicted molar refractivity (Wildman–Crippen MR) is 74.2 cm³/mol. The van der Waals surface area contributed by atoms with Gasteiger partial charge in [-0.1, -0.05) is 0 Å². The standard InChI is InChI=1S/C14H15BrFNO/c1-10(4-6-12-3-2-8-18-12)17-11-5-7-13(15)14(16)9-11/h2-3,5,7-10,17H,4,6H2,1H3. The molecule has 2 nitrogen and oxygen atoms in total. The third-order valence-electron chi connectivity index (χ3n) is 2.74. The molecule has 0 amide bonds. The molecule has 0 spiro atoms. The molecule has 2 aromatic rings. The summed E-state index contributed by atoms with van der Waals surface area (Å²) in [5.41, 5.74) is 0.794. The van der Waals surface area contributed by atoms with Crippen molar-refractivity contribution < 1.29 is 8.81 Å². The fraction of sp³-hybridized carbons (Fsp3) is 0.286. The molecule has 1 N–H and O–H groups in total. The number of nitrogens with one attached hydrogen (secondary N) is 1. The lowest BCUT2D eigenvalue weighted by Gasteiger charge is -2.14. The normalized spacial score (nSPS) is 12.4. The zero-order chi connectivity index (χ0) is 13.0. The van der Waals surface area contributed by atoms with Crippen molar-refractivity contribution in [2.45, 2.75) is 25.8 Å². The molecule has 0 saturated carbocycles. The van der Waals surface area contributed by atoms with Crippen LogP contribution in [0.5, 0.6) is 0 Å². The maximum atomic E-state index is 13.3. The van der Waals surface area contributed by atoms with E-state index in [4.69, 9.17) is 4.42 Å². The minimum atomic E-state index is -0.252. The maximum Gasteiger partial charge on any atom is 0.139 e. The van der Waals surface area contributed by atoms with E-state index < -0.39 is 0 Å². The molecule has 1 atom stereocenters. The van der Waals surface area contributed by atoms with Gasteiger partial charge in [-0.25, -0.2) is 4.39 Å². The molecule has 2 rings (SSSR count). The summed E-state index contributed by atoms with van der Waals surface area (Å²) in [5, 5.41) is 3.27. The molecule has 18 heavy (non-hydrogen) atoms. The first-order valence-corrected chi connectivity index (χ1v) is 6.68. The van der Waals surface area contributed by atoms with Gasteiger partial charge >= 0.3 is 0 Å². The second-order valence-corrected chi connectivity index (χ2v) is 5.15. The van der Waals surface area contributed by atoms with Crippen LogP contribution in [0.25, 0.3) is 0 Å². The average molecular weight is 312 g/mol. The molecule has 0 saturated heterocycles. The molecule has 0 bridgehead atoms. The first-order valence-electron chi connectivity index (χ1n) is 5.89. The summed E-state index contributed by atoms with van der Waals surface area (Å²) in [4.78, 5) is 0. The number of hydrogen-bond acceptors (Lipinski definition) is 2. The number of benzene rings is 1. The number of hydrogen-bond donors (Lipinski definition) is 1. The molecule has 0 radical (unpaired) electrons. The zero-order valence-electron chi connectivity index (χ0n) is 10.1. The SMILES string of the molecule is CC(CCc1ccco1)Nc1ccc(Br)c(F)c1. The molecule has 96 valence electrons. The molecule has 0 aliphatic carbocycles. The number of aryl methyl sites for hydroxylation is 1. The Kier molecular flexibility index (Phi) is 4.42. The number of anilines is 1. The molecule has 1 unspecified atom stereocenters. The van der Waals surface area contributed by atoms with E-state index in [-0.39, 0.29) is 11.9 Å². The van der Waals surface area contributed by atoms with Gasteiger partial charge < -0.3 is 9.73 Å². The second-order valence-electron chi connectivity index (χ2n) is 4.29. The Bertz CT molecular complexity index is 499. The first kappa shape index (κ1) is 13.1. The lowest BCUT2D eigenvalue weighted by atomic mass is 10.1. The van der Waals surface area contributed by atoms with Crippen molar-refractivity contribution in [2.75, 3.05) is 5.32 Å². The predicted octanol–water partition coefficient (Wildman–Crippen LogP) is 4.61. The highest BCUT2D eigenvalue weighted by Crippen LogP contribution is 2.20. The maximum absolute atomic E-state index is 13.3. The first-order chi connectivity index (χ1) is 8.65. The van der Waals surface area contributed by atoms with Crippen LogP contribution in [0.1, 0.15) is 19.1 Å². The molecule has 0 fully saturated rings. The Hall–Kier alpha value is -1.29.